The topological polar surface area (TPSA) is 65.0 Å². The molecule has 2 N–H and O–H groups in total. The van der Waals surface area contributed by atoms with E-state index in [1.807, 2.05) is 11.8 Å². The minimum absolute atomic E-state index is 0.0401. The maximum absolute atomic E-state index is 13.2. The summed E-state index contributed by atoms with van der Waals surface area (Å²) < 4.78 is 19.0. The number of carbonyl (C=O) groups excluding carboxylic acids is 1. The molecule has 6 nitrogen and oxygen atoms in total. The van der Waals surface area contributed by atoms with E-state index in [1.165, 1.54) is 12.1 Å². The van der Waals surface area contributed by atoms with E-state index in [9.17, 15) is 9.18 Å². The number of rotatable bonds is 9. The first-order valence-corrected chi connectivity index (χ1v) is 11.3. The summed E-state index contributed by atoms with van der Waals surface area (Å²) in [6, 6.07) is 12.1. The fourth-order valence-corrected chi connectivity index (χ4v) is 4.14. The summed E-state index contributed by atoms with van der Waals surface area (Å²) in [5.74, 6) is 0.303. The molecule has 1 heterocycles. The highest BCUT2D eigenvalue weighted by Gasteiger charge is 2.32. The van der Waals surface area contributed by atoms with Crippen LogP contribution < -0.4 is 10.1 Å². The van der Waals surface area contributed by atoms with Crippen molar-refractivity contribution in [3.8, 4) is 5.75 Å². The van der Waals surface area contributed by atoms with Gasteiger partial charge in [-0.2, -0.15) is 0 Å². The molecule has 0 bridgehead atoms. The van der Waals surface area contributed by atoms with E-state index in [4.69, 9.17) is 21.4 Å². The number of nitrogens with one attached hydrogen (secondary N) is 1. The summed E-state index contributed by atoms with van der Waals surface area (Å²) in [7, 11) is 0. The monoisotopic (exact) mass is 463 g/mol. The second-order valence-electron chi connectivity index (χ2n) is 8.24. The van der Waals surface area contributed by atoms with Crippen molar-refractivity contribution in [3.05, 3.63) is 64.4 Å². The molecule has 0 saturated carbocycles. The first kappa shape index (κ1) is 24.5. The fourth-order valence-electron chi connectivity index (χ4n) is 3.94. The van der Waals surface area contributed by atoms with Gasteiger partial charge in [0.25, 0.3) is 5.91 Å². The Kier molecular flexibility index (Phi) is 8.87. The maximum Gasteiger partial charge on any atom is 0.260 e. The molecule has 0 aliphatic carbocycles. The Morgan fingerprint density at radius 2 is 1.94 bits per heavy atom. The fraction of sp³-hybridized carbons (Fsp3) is 0.458. The Balaban J connectivity index is 1.56. The summed E-state index contributed by atoms with van der Waals surface area (Å²) >= 11 is 6.10. The van der Waals surface area contributed by atoms with Crippen LogP contribution in [0.3, 0.4) is 0 Å². The lowest BCUT2D eigenvalue weighted by Gasteiger charge is -2.44. The van der Waals surface area contributed by atoms with Gasteiger partial charge in [-0.3, -0.25) is 9.69 Å². The molecule has 174 valence electrons. The average Bonchev–Trinajstić information content (AvgIpc) is 2.77. The lowest BCUT2D eigenvalue weighted by atomic mass is 10.1. The number of hydrogen-bond donors (Lipinski definition) is 2. The Labute approximate surface area is 193 Å². The van der Waals surface area contributed by atoms with Crippen LogP contribution >= 0.6 is 11.6 Å². The summed E-state index contributed by atoms with van der Waals surface area (Å²) in [5, 5.41) is 12.6. The molecule has 0 aromatic heterocycles. The van der Waals surface area contributed by atoms with Gasteiger partial charge in [-0.05, 0) is 49.7 Å². The molecule has 2 aromatic rings. The Bertz CT molecular complexity index is 897. The molecule has 3 rings (SSSR count). The predicted molar refractivity (Wildman–Crippen MR) is 123 cm³/mol. The number of ether oxygens (including phenoxy) is 1. The van der Waals surface area contributed by atoms with Gasteiger partial charge < -0.3 is 20.1 Å². The standard InChI is InChI=1S/C24H31ClFN3O3/c1-17-14-29(18(2)13-28(17)15-19-3-6-22(26)7-4-19)24(31)16-32-23-8-5-21(25)11-20(23)12-27-9-10-30/h3-8,11,17-18,27,30H,9-10,12-16H2,1-2H3/t17-,18+/m1/s1. The smallest absolute Gasteiger partial charge is 0.260 e. The van der Waals surface area contributed by atoms with Crippen LogP contribution in [0.15, 0.2) is 42.5 Å². The van der Waals surface area contributed by atoms with E-state index in [0.29, 0.717) is 30.4 Å². The van der Waals surface area contributed by atoms with E-state index in [0.717, 1.165) is 24.2 Å². The molecule has 1 amide bonds. The van der Waals surface area contributed by atoms with Gasteiger partial charge in [-0.1, -0.05) is 23.7 Å². The van der Waals surface area contributed by atoms with Gasteiger partial charge >= 0.3 is 0 Å². The number of piperazine rings is 1. The van der Waals surface area contributed by atoms with Crippen LogP contribution in [0.1, 0.15) is 25.0 Å². The van der Waals surface area contributed by atoms with Crippen molar-refractivity contribution in [2.24, 2.45) is 0 Å². The second kappa shape index (κ2) is 11.6. The molecule has 1 aliphatic rings. The van der Waals surface area contributed by atoms with Gasteiger partial charge in [-0.15, -0.1) is 0 Å². The van der Waals surface area contributed by atoms with Gasteiger partial charge in [0.05, 0.1) is 6.61 Å². The maximum atomic E-state index is 13.2. The van der Waals surface area contributed by atoms with Crippen LogP contribution in [0.2, 0.25) is 5.02 Å². The lowest BCUT2D eigenvalue weighted by Crippen LogP contribution is -2.58. The summed E-state index contributed by atoms with van der Waals surface area (Å²) in [6.07, 6.45) is 0. The Hall–Kier alpha value is -2.19. The molecule has 0 spiro atoms. The zero-order valence-electron chi connectivity index (χ0n) is 18.6. The van der Waals surface area contributed by atoms with Crippen molar-refractivity contribution in [2.45, 2.75) is 39.0 Å². The second-order valence-corrected chi connectivity index (χ2v) is 8.68. The first-order chi connectivity index (χ1) is 15.4. The van der Waals surface area contributed by atoms with E-state index in [-0.39, 0.29) is 37.0 Å². The highest BCUT2D eigenvalue weighted by molar-refractivity contribution is 6.30. The minimum Gasteiger partial charge on any atom is -0.483 e. The highest BCUT2D eigenvalue weighted by Crippen LogP contribution is 2.24. The van der Waals surface area contributed by atoms with Crippen molar-refractivity contribution in [2.75, 3.05) is 32.8 Å². The minimum atomic E-state index is -0.237. The molecule has 32 heavy (non-hydrogen) atoms. The van der Waals surface area contributed by atoms with Gasteiger partial charge in [0.15, 0.2) is 6.61 Å². The number of benzene rings is 2. The summed E-state index contributed by atoms with van der Waals surface area (Å²) in [6.45, 7) is 7.14. The highest BCUT2D eigenvalue weighted by atomic mass is 35.5. The van der Waals surface area contributed by atoms with Gasteiger partial charge in [0.1, 0.15) is 11.6 Å². The molecule has 1 saturated heterocycles. The third-order valence-corrected chi connectivity index (χ3v) is 5.95. The normalized spacial score (nSPS) is 19.2. The molecule has 1 fully saturated rings. The van der Waals surface area contributed by atoms with Gasteiger partial charge in [0.2, 0.25) is 0 Å². The zero-order chi connectivity index (χ0) is 23.1. The van der Waals surface area contributed by atoms with Crippen LogP contribution in [0.5, 0.6) is 5.75 Å². The SMILES string of the molecule is C[C@@H]1CN(C(=O)COc2ccc(Cl)cc2CNCCO)[C@@H](C)CN1Cc1ccc(F)cc1. The number of aliphatic hydroxyl groups excluding tert-OH is 1. The van der Waals surface area contributed by atoms with Crippen molar-refractivity contribution in [3.63, 3.8) is 0 Å². The number of nitrogens with zero attached hydrogens (tertiary/aromatic N) is 2. The Morgan fingerprint density at radius 3 is 2.66 bits per heavy atom. The molecule has 2 atom stereocenters. The van der Waals surface area contributed by atoms with Crippen LogP contribution in [0.4, 0.5) is 4.39 Å². The summed E-state index contributed by atoms with van der Waals surface area (Å²) in [5.41, 5.74) is 1.89. The molecule has 0 radical (unpaired) electrons. The molecule has 1 aliphatic heterocycles. The predicted octanol–water partition coefficient (Wildman–Crippen LogP) is 3.06. The van der Waals surface area contributed by atoms with Crippen molar-refractivity contribution in [1.82, 2.24) is 15.1 Å². The van der Waals surface area contributed by atoms with Crippen LogP contribution in [-0.2, 0) is 17.9 Å². The van der Waals surface area contributed by atoms with Gasteiger partial charge in [0, 0.05) is 55.4 Å². The number of hydrogen-bond acceptors (Lipinski definition) is 5. The first-order valence-electron chi connectivity index (χ1n) is 10.9. The third-order valence-electron chi connectivity index (χ3n) is 5.71. The number of carbonyl (C=O) groups is 1. The van der Waals surface area contributed by atoms with E-state index in [1.54, 1.807) is 30.3 Å². The number of halogens is 2. The van der Waals surface area contributed by atoms with Crippen LogP contribution in [0.25, 0.3) is 0 Å². The molecule has 2 aromatic carbocycles. The quantitative estimate of drug-likeness (QED) is 0.559. The van der Waals surface area contributed by atoms with Crippen LogP contribution in [-0.4, -0.2) is 65.7 Å². The average molecular weight is 464 g/mol. The largest absolute Gasteiger partial charge is 0.483 e. The van der Waals surface area contributed by atoms with Crippen molar-refractivity contribution >= 4 is 17.5 Å². The van der Waals surface area contributed by atoms with Crippen molar-refractivity contribution in [1.29, 1.82) is 0 Å². The van der Waals surface area contributed by atoms with Gasteiger partial charge in [-0.25, -0.2) is 4.39 Å². The van der Waals surface area contributed by atoms with Crippen molar-refractivity contribution < 1.29 is 19.0 Å². The molecule has 0 unspecified atom stereocenters. The van der Waals surface area contributed by atoms with Crippen LogP contribution in [0, 0.1) is 5.82 Å². The Morgan fingerprint density at radius 1 is 1.19 bits per heavy atom. The third kappa shape index (κ3) is 6.65. The van der Waals surface area contributed by atoms with E-state index >= 15 is 0 Å². The molecule has 8 heteroatoms. The summed E-state index contributed by atoms with van der Waals surface area (Å²) in [4.78, 5) is 17.1. The zero-order valence-corrected chi connectivity index (χ0v) is 19.3. The molecular weight excluding hydrogens is 433 g/mol. The number of amides is 1. The lowest BCUT2D eigenvalue weighted by molar-refractivity contribution is -0.139. The van der Waals surface area contributed by atoms with E-state index in [2.05, 4.69) is 17.1 Å². The molecular formula is C24H31ClFN3O3. The van der Waals surface area contributed by atoms with E-state index < -0.39 is 0 Å². The number of aliphatic hydroxyl groups is 1.